The maximum Gasteiger partial charge on any atom is 0.342 e. The molecule has 86 valence electrons. The number of methoxy groups -OCH3 is 1. The minimum absolute atomic E-state index is 0.0450. The second-order valence-corrected chi connectivity index (χ2v) is 3.66. The van der Waals surface area contributed by atoms with Crippen LogP contribution in [0.5, 0.6) is 11.5 Å². The third-order valence-electron chi connectivity index (χ3n) is 2.74. The quantitative estimate of drug-likeness (QED) is 0.739. The van der Waals surface area contributed by atoms with E-state index in [0.29, 0.717) is 11.1 Å². The molecule has 0 saturated heterocycles. The van der Waals surface area contributed by atoms with Crippen LogP contribution >= 0.6 is 0 Å². The number of ether oxygens (including phenoxy) is 2. The second kappa shape index (κ2) is 3.68. The van der Waals surface area contributed by atoms with Crippen LogP contribution in [0.15, 0.2) is 0 Å². The zero-order valence-corrected chi connectivity index (χ0v) is 9.03. The van der Waals surface area contributed by atoms with E-state index in [1.807, 2.05) is 0 Å². The molecule has 0 aromatic heterocycles. The molecule has 0 saturated carbocycles. The van der Waals surface area contributed by atoms with Crippen molar-refractivity contribution in [3.05, 3.63) is 22.3 Å². The second-order valence-electron chi connectivity index (χ2n) is 3.66. The first-order valence-electron chi connectivity index (χ1n) is 4.80. The SMILES string of the molecule is COCc1c(O)c(C)c(O)c2c1COC2=O. The van der Waals surface area contributed by atoms with Gasteiger partial charge in [-0.15, -0.1) is 0 Å². The molecule has 1 aliphatic rings. The highest BCUT2D eigenvalue weighted by Gasteiger charge is 2.31. The van der Waals surface area contributed by atoms with E-state index in [1.54, 1.807) is 0 Å². The van der Waals surface area contributed by atoms with Crippen LogP contribution in [0, 0.1) is 6.92 Å². The molecule has 0 aliphatic carbocycles. The van der Waals surface area contributed by atoms with Gasteiger partial charge >= 0.3 is 5.97 Å². The van der Waals surface area contributed by atoms with Crippen molar-refractivity contribution in [2.75, 3.05) is 7.11 Å². The molecule has 1 aromatic carbocycles. The third-order valence-corrected chi connectivity index (χ3v) is 2.74. The lowest BCUT2D eigenvalue weighted by molar-refractivity contribution is 0.0531. The van der Waals surface area contributed by atoms with E-state index in [1.165, 1.54) is 14.0 Å². The fourth-order valence-corrected chi connectivity index (χ4v) is 1.85. The Hall–Kier alpha value is -1.75. The van der Waals surface area contributed by atoms with Crippen LogP contribution in [0.25, 0.3) is 0 Å². The smallest absolute Gasteiger partial charge is 0.342 e. The van der Waals surface area contributed by atoms with Gasteiger partial charge in [0.05, 0.1) is 6.61 Å². The number of esters is 1. The van der Waals surface area contributed by atoms with Gasteiger partial charge in [-0.05, 0) is 6.92 Å². The third kappa shape index (κ3) is 1.32. The molecular formula is C11H12O5. The van der Waals surface area contributed by atoms with Gasteiger partial charge in [-0.2, -0.15) is 0 Å². The Morgan fingerprint density at radius 3 is 2.69 bits per heavy atom. The van der Waals surface area contributed by atoms with E-state index in [0.717, 1.165) is 0 Å². The highest BCUT2D eigenvalue weighted by atomic mass is 16.5. The van der Waals surface area contributed by atoms with E-state index in [9.17, 15) is 15.0 Å². The number of hydrogen-bond donors (Lipinski definition) is 2. The fraction of sp³-hybridized carbons (Fsp3) is 0.364. The zero-order chi connectivity index (χ0) is 11.9. The number of phenols is 2. The molecule has 0 amide bonds. The van der Waals surface area contributed by atoms with Gasteiger partial charge in [0, 0.05) is 23.8 Å². The number of phenolic OH excluding ortho intramolecular Hbond substituents is 2. The molecule has 2 N–H and O–H groups in total. The molecule has 0 spiro atoms. The highest BCUT2D eigenvalue weighted by molar-refractivity contribution is 5.97. The first kappa shape index (κ1) is 10.8. The number of benzene rings is 1. The van der Waals surface area contributed by atoms with Crippen LogP contribution in [0.3, 0.4) is 0 Å². The summed E-state index contributed by atoms with van der Waals surface area (Å²) < 4.78 is 9.79. The normalized spacial score (nSPS) is 13.8. The van der Waals surface area contributed by atoms with Crippen LogP contribution in [0.4, 0.5) is 0 Å². The Bertz CT molecular complexity index is 464. The van der Waals surface area contributed by atoms with Crippen molar-refractivity contribution in [2.24, 2.45) is 0 Å². The summed E-state index contributed by atoms with van der Waals surface area (Å²) in [5.41, 5.74) is 1.41. The first-order chi connectivity index (χ1) is 7.57. The van der Waals surface area contributed by atoms with Crippen LogP contribution in [0.2, 0.25) is 0 Å². The van der Waals surface area contributed by atoms with Crippen molar-refractivity contribution in [3.8, 4) is 11.5 Å². The molecule has 16 heavy (non-hydrogen) atoms. The Balaban J connectivity index is 2.72. The summed E-state index contributed by atoms with van der Waals surface area (Å²) in [6, 6.07) is 0. The van der Waals surface area contributed by atoms with Gasteiger partial charge < -0.3 is 19.7 Å². The predicted octanol–water partition coefficient (Wildman–Crippen LogP) is 1.22. The highest BCUT2D eigenvalue weighted by Crippen LogP contribution is 2.40. The van der Waals surface area contributed by atoms with Crippen molar-refractivity contribution in [1.82, 2.24) is 0 Å². The minimum Gasteiger partial charge on any atom is -0.507 e. The molecule has 0 atom stereocenters. The van der Waals surface area contributed by atoms with Crippen LogP contribution in [0.1, 0.15) is 27.0 Å². The standard InChI is InChI=1S/C11H12O5/c1-5-9(12)7(3-15-2)6-4-16-11(14)8(6)10(5)13/h12-13H,3-4H2,1-2H3. The maximum atomic E-state index is 11.4. The van der Waals surface area contributed by atoms with E-state index < -0.39 is 5.97 Å². The molecule has 0 radical (unpaired) electrons. The molecule has 0 fully saturated rings. The summed E-state index contributed by atoms with van der Waals surface area (Å²) in [5, 5.41) is 19.6. The summed E-state index contributed by atoms with van der Waals surface area (Å²) in [6.45, 7) is 1.77. The van der Waals surface area contributed by atoms with Gasteiger partial charge in [-0.25, -0.2) is 4.79 Å². The predicted molar refractivity (Wildman–Crippen MR) is 54.3 cm³/mol. The minimum atomic E-state index is -0.562. The zero-order valence-electron chi connectivity index (χ0n) is 9.03. The summed E-state index contributed by atoms with van der Waals surface area (Å²) in [5.74, 6) is -0.820. The van der Waals surface area contributed by atoms with Gasteiger partial charge in [0.25, 0.3) is 0 Å². The van der Waals surface area contributed by atoms with Crippen molar-refractivity contribution in [2.45, 2.75) is 20.1 Å². The molecular weight excluding hydrogens is 212 g/mol. The van der Waals surface area contributed by atoms with E-state index >= 15 is 0 Å². The summed E-state index contributed by atoms with van der Waals surface area (Å²) >= 11 is 0. The number of hydrogen-bond acceptors (Lipinski definition) is 5. The van der Waals surface area contributed by atoms with Crippen LogP contribution < -0.4 is 0 Å². The number of carbonyl (C=O) groups excluding carboxylic acids is 1. The van der Waals surface area contributed by atoms with Crippen molar-refractivity contribution in [3.63, 3.8) is 0 Å². The van der Waals surface area contributed by atoms with E-state index in [4.69, 9.17) is 9.47 Å². The molecule has 5 heteroatoms. The Morgan fingerprint density at radius 1 is 1.38 bits per heavy atom. The topological polar surface area (TPSA) is 76.0 Å². The van der Waals surface area contributed by atoms with Gasteiger partial charge in [0.1, 0.15) is 23.7 Å². The molecule has 1 aromatic rings. The van der Waals surface area contributed by atoms with Crippen molar-refractivity contribution in [1.29, 1.82) is 0 Å². The molecule has 0 unspecified atom stereocenters. The molecule has 5 nitrogen and oxygen atoms in total. The average Bonchev–Trinajstić information content (AvgIpc) is 2.64. The summed E-state index contributed by atoms with van der Waals surface area (Å²) in [7, 11) is 1.49. The van der Waals surface area contributed by atoms with Gasteiger partial charge in [-0.1, -0.05) is 0 Å². The van der Waals surface area contributed by atoms with Gasteiger partial charge in [-0.3, -0.25) is 0 Å². The summed E-state index contributed by atoms with van der Waals surface area (Å²) in [6.07, 6.45) is 0. The Morgan fingerprint density at radius 2 is 2.06 bits per heavy atom. The van der Waals surface area contributed by atoms with Crippen molar-refractivity contribution < 1.29 is 24.5 Å². The van der Waals surface area contributed by atoms with E-state index in [-0.39, 0.29) is 35.8 Å². The lowest BCUT2D eigenvalue weighted by atomic mass is 9.97. The fourth-order valence-electron chi connectivity index (χ4n) is 1.85. The molecule has 1 aliphatic heterocycles. The largest absolute Gasteiger partial charge is 0.507 e. The number of cyclic esters (lactones) is 1. The number of rotatable bonds is 2. The van der Waals surface area contributed by atoms with Gasteiger partial charge in [0.15, 0.2) is 0 Å². The molecule has 2 rings (SSSR count). The Labute approximate surface area is 92.2 Å². The lowest BCUT2D eigenvalue weighted by Crippen LogP contribution is -2.01. The Kier molecular flexibility index (Phi) is 2.47. The molecule has 0 bridgehead atoms. The molecule has 1 heterocycles. The van der Waals surface area contributed by atoms with Crippen molar-refractivity contribution >= 4 is 5.97 Å². The monoisotopic (exact) mass is 224 g/mol. The lowest BCUT2D eigenvalue weighted by Gasteiger charge is -2.12. The number of fused-ring (bicyclic) bond motifs is 1. The van der Waals surface area contributed by atoms with Crippen LogP contribution in [-0.2, 0) is 22.7 Å². The average molecular weight is 224 g/mol. The number of carbonyl (C=O) groups is 1. The van der Waals surface area contributed by atoms with Crippen LogP contribution in [-0.4, -0.2) is 23.3 Å². The number of aromatic hydroxyl groups is 2. The van der Waals surface area contributed by atoms with E-state index in [2.05, 4.69) is 0 Å². The first-order valence-corrected chi connectivity index (χ1v) is 4.80. The van der Waals surface area contributed by atoms with Gasteiger partial charge in [0.2, 0.25) is 0 Å². The summed E-state index contributed by atoms with van der Waals surface area (Å²) in [4.78, 5) is 11.4. The maximum absolute atomic E-state index is 11.4.